The number of piperazine rings is 1. The molecule has 10 heteroatoms. The molecule has 1 aliphatic heterocycles. The van der Waals surface area contributed by atoms with Crippen molar-refractivity contribution in [1.82, 2.24) is 24.5 Å². The van der Waals surface area contributed by atoms with E-state index in [1.54, 1.807) is 11.6 Å². The summed E-state index contributed by atoms with van der Waals surface area (Å²) in [5.74, 6) is 0. The number of rotatable bonds is 5. The number of sulfonamides is 1. The number of aromatic nitrogens is 2. The van der Waals surface area contributed by atoms with Gasteiger partial charge in [-0.1, -0.05) is 0 Å². The summed E-state index contributed by atoms with van der Waals surface area (Å²) in [4.78, 5) is 6.08. The Balaban J connectivity index is 0.00000180. The van der Waals surface area contributed by atoms with E-state index in [1.807, 2.05) is 0 Å². The summed E-state index contributed by atoms with van der Waals surface area (Å²) in [5, 5.41) is 3.33. The zero-order chi connectivity index (χ0) is 13.0. The third-order valence-corrected chi connectivity index (χ3v) is 4.23. The first-order chi connectivity index (χ1) is 8.58. The Bertz CT molecular complexity index is 488. The SMILES string of the molecule is Cl.Cl.Cn1cnc(S(=O)(=O)NCCN2CCNCC2)c1. The minimum atomic E-state index is -3.46. The smallest absolute Gasteiger partial charge is 0.259 e. The summed E-state index contributed by atoms with van der Waals surface area (Å²) >= 11 is 0. The van der Waals surface area contributed by atoms with Crippen LogP contribution >= 0.6 is 24.8 Å². The fourth-order valence-electron chi connectivity index (χ4n) is 1.87. The summed E-state index contributed by atoms with van der Waals surface area (Å²) in [6, 6.07) is 0. The van der Waals surface area contributed by atoms with Crippen LogP contribution in [0, 0.1) is 0 Å². The molecule has 2 rings (SSSR count). The summed E-state index contributed by atoms with van der Waals surface area (Å²) in [6.45, 7) is 5.00. The van der Waals surface area contributed by atoms with Crippen LogP contribution in [0.5, 0.6) is 0 Å². The van der Waals surface area contributed by atoms with E-state index >= 15 is 0 Å². The maximum atomic E-state index is 11.9. The number of halogens is 2. The fourth-order valence-corrected chi connectivity index (χ4v) is 2.87. The van der Waals surface area contributed by atoms with E-state index in [4.69, 9.17) is 0 Å². The minimum Gasteiger partial charge on any atom is -0.339 e. The van der Waals surface area contributed by atoms with Gasteiger partial charge in [-0.25, -0.2) is 18.1 Å². The normalized spacial score (nSPS) is 16.2. The molecule has 1 fully saturated rings. The minimum absolute atomic E-state index is 0. The first-order valence-electron chi connectivity index (χ1n) is 5.99. The maximum Gasteiger partial charge on any atom is 0.259 e. The lowest BCUT2D eigenvalue weighted by atomic mass is 10.3. The molecule has 1 aliphatic rings. The number of hydrogen-bond acceptors (Lipinski definition) is 5. The van der Waals surface area contributed by atoms with Crippen LogP contribution in [0.2, 0.25) is 0 Å². The Hall–Kier alpha value is -0.380. The van der Waals surface area contributed by atoms with E-state index in [1.165, 1.54) is 12.5 Å². The second-order valence-corrected chi connectivity index (χ2v) is 6.08. The molecule has 0 saturated carbocycles. The number of aryl methyl sites for hydroxylation is 1. The molecule has 1 aromatic heterocycles. The van der Waals surface area contributed by atoms with Gasteiger partial charge in [0.2, 0.25) is 0 Å². The molecule has 0 amide bonds. The highest BCUT2D eigenvalue weighted by atomic mass is 35.5. The Morgan fingerprint density at radius 2 is 2.00 bits per heavy atom. The Labute approximate surface area is 132 Å². The van der Waals surface area contributed by atoms with Crippen LogP contribution in [0.4, 0.5) is 0 Å². The van der Waals surface area contributed by atoms with E-state index in [2.05, 4.69) is 19.9 Å². The predicted octanol–water partition coefficient (Wildman–Crippen LogP) is -0.553. The van der Waals surface area contributed by atoms with E-state index in [0.717, 1.165) is 32.7 Å². The largest absolute Gasteiger partial charge is 0.339 e. The molecule has 0 unspecified atom stereocenters. The molecule has 0 radical (unpaired) electrons. The monoisotopic (exact) mass is 345 g/mol. The molecule has 1 saturated heterocycles. The first kappa shape index (κ1) is 19.6. The van der Waals surface area contributed by atoms with Crippen molar-refractivity contribution in [1.29, 1.82) is 0 Å². The molecule has 2 N–H and O–H groups in total. The van der Waals surface area contributed by atoms with Crippen LogP contribution in [0.1, 0.15) is 0 Å². The van der Waals surface area contributed by atoms with Crippen LogP contribution in [-0.2, 0) is 17.1 Å². The van der Waals surface area contributed by atoms with Crippen molar-refractivity contribution in [2.24, 2.45) is 7.05 Å². The molecule has 7 nitrogen and oxygen atoms in total. The molecule has 0 bridgehead atoms. The van der Waals surface area contributed by atoms with Gasteiger partial charge in [0, 0.05) is 52.5 Å². The molecular weight excluding hydrogens is 325 g/mol. The molecule has 2 heterocycles. The van der Waals surface area contributed by atoms with E-state index in [0.29, 0.717) is 6.54 Å². The van der Waals surface area contributed by atoms with Gasteiger partial charge in [0.05, 0.1) is 6.33 Å². The molecule has 0 spiro atoms. The predicted molar refractivity (Wildman–Crippen MR) is 82.2 cm³/mol. The van der Waals surface area contributed by atoms with Gasteiger partial charge in [-0.05, 0) is 0 Å². The average molecular weight is 346 g/mol. The summed E-state index contributed by atoms with van der Waals surface area (Å²) < 4.78 is 27.9. The zero-order valence-corrected chi connectivity index (χ0v) is 13.7. The van der Waals surface area contributed by atoms with E-state index < -0.39 is 10.0 Å². The van der Waals surface area contributed by atoms with Crippen LogP contribution in [0.15, 0.2) is 17.6 Å². The average Bonchev–Trinajstić information content (AvgIpc) is 2.78. The number of nitrogens with one attached hydrogen (secondary N) is 2. The Kier molecular flexibility index (Phi) is 8.64. The second-order valence-electron chi connectivity index (χ2n) is 4.37. The van der Waals surface area contributed by atoms with E-state index in [-0.39, 0.29) is 29.8 Å². The van der Waals surface area contributed by atoms with Gasteiger partial charge in [0.25, 0.3) is 10.0 Å². The third-order valence-electron chi connectivity index (χ3n) is 2.89. The first-order valence-corrected chi connectivity index (χ1v) is 7.47. The van der Waals surface area contributed by atoms with Crippen molar-refractivity contribution in [3.8, 4) is 0 Å². The highest BCUT2D eigenvalue weighted by Gasteiger charge is 2.17. The van der Waals surface area contributed by atoms with Crippen molar-refractivity contribution in [2.45, 2.75) is 5.03 Å². The lowest BCUT2D eigenvalue weighted by molar-refractivity contribution is 0.245. The molecular formula is C10H21Cl2N5O2S. The lowest BCUT2D eigenvalue weighted by Gasteiger charge is -2.26. The molecule has 0 atom stereocenters. The highest BCUT2D eigenvalue weighted by molar-refractivity contribution is 7.89. The van der Waals surface area contributed by atoms with Gasteiger partial charge in [0.15, 0.2) is 5.03 Å². The number of hydrogen-bond donors (Lipinski definition) is 2. The molecule has 118 valence electrons. The van der Waals surface area contributed by atoms with Gasteiger partial charge in [0.1, 0.15) is 0 Å². The van der Waals surface area contributed by atoms with Crippen LogP contribution < -0.4 is 10.0 Å². The quantitative estimate of drug-likeness (QED) is 0.748. The van der Waals surface area contributed by atoms with Crippen molar-refractivity contribution >= 4 is 34.8 Å². The summed E-state index contributed by atoms with van der Waals surface area (Å²) in [5.41, 5.74) is 0. The molecule has 1 aromatic rings. The summed E-state index contributed by atoms with van der Waals surface area (Å²) in [6.07, 6.45) is 2.97. The van der Waals surface area contributed by atoms with Crippen LogP contribution in [-0.4, -0.2) is 62.1 Å². The van der Waals surface area contributed by atoms with Crippen molar-refractivity contribution < 1.29 is 8.42 Å². The van der Waals surface area contributed by atoms with Crippen molar-refractivity contribution in [3.05, 3.63) is 12.5 Å². The van der Waals surface area contributed by atoms with Gasteiger partial charge in [-0.3, -0.25) is 4.90 Å². The summed E-state index contributed by atoms with van der Waals surface area (Å²) in [7, 11) is -1.72. The molecule has 0 aromatic carbocycles. The molecule has 0 aliphatic carbocycles. The standard InChI is InChI=1S/C10H19N5O2S.2ClH/c1-14-8-10(12-9-14)18(16,17)13-4-7-15-5-2-11-3-6-15;;/h8-9,11,13H,2-7H2,1H3;2*1H. The van der Waals surface area contributed by atoms with Gasteiger partial charge >= 0.3 is 0 Å². The maximum absolute atomic E-state index is 11.9. The van der Waals surface area contributed by atoms with Gasteiger partial charge in [-0.2, -0.15) is 0 Å². The van der Waals surface area contributed by atoms with Crippen LogP contribution in [0.25, 0.3) is 0 Å². The Morgan fingerprint density at radius 1 is 1.35 bits per heavy atom. The zero-order valence-electron chi connectivity index (χ0n) is 11.3. The highest BCUT2D eigenvalue weighted by Crippen LogP contribution is 2.03. The fraction of sp³-hybridized carbons (Fsp3) is 0.700. The topological polar surface area (TPSA) is 79.3 Å². The molecule has 20 heavy (non-hydrogen) atoms. The van der Waals surface area contributed by atoms with Crippen molar-refractivity contribution in [2.75, 3.05) is 39.3 Å². The Morgan fingerprint density at radius 3 is 2.55 bits per heavy atom. The number of imidazole rings is 1. The lowest BCUT2D eigenvalue weighted by Crippen LogP contribution is -2.46. The second kappa shape index (κ2) is 8.81. The van der Waals surface area contributed by atoms with Gasteiger partial charge in [-0.15, -0.1) is 24.8 Å². The van der Waals surface area contributed by atoms with Crippen LogP contribution in [0.3, 0.4) is 0 Å². The van der Waals surface area contributed by atoms with Gasteiger partial charge < -0.3 is 9.88 Å². The van der Waals surface area contributed by atoms with E-state index in [9.17, 15) is 8.42 Å². The third kappa shape index (κ3) is 5.55. The number of nitrogens with zero attached hydrogens (tertiary/aromatic N) is 3. The van der Waals surface area contributed by atoms with Crippen molar-refractivity contribution in [3.63, 3.8) is 0 Å².